The van der Waals surface area contributed by atoms with Crippen molar-refractivity contribution in [2.75, 3.05) is 18.0 Å². The topological polar surface area (TPSA) is 99.7 Å². The van der Waals surface area contributed by atoms with Gasteiger partial charge in [0.25, 0.3) is 0 Å². The van der Waals surface area contributed by atoms with Gasteiger partial charge in [-0.25, -0.2) is 14.3 Å². The average molecular weight is 474 g/mol. The molecule has 0 aliphatic carbocycles. The standard InChI is InChI=1S/C23H23N9OS/c1-14-25-15(2)32(29-14)21-10-20(27-23(28-21)33-13-17-8-9-24-34-17)31-11-16(12-31)22-26-18-6-4-5-7-19(18)30(22)3/h4-10,16H,11-13H2,1-3H3. The number of hydrogen-bond donors (Lipinski definition) is 0. The van der Waals surface area contributed by atoms with E-state index in [4.69, 9.17) is 14.7 Å². The summed E-state index contributed by atoms with van der Waals surface area (Å²) in [5.41, 5.74) is 2.18. The molecule has 1 fully saturated rings. The van der Waals surface area contributed by atoms with Crippen LogP contribution in [0.4, 0.5) is 5.82 Å². The molecule has 4 aromatic heterocycles. The molecule has 0 saturated carbocycles. The average Bonchev–Trinajstić information content (AvgIpc) is 3.52. The minimum absolute atomic E-state index is 0.305. The molecule has 0 amide bonds. The van der Waals surface area contributed by atoms with Gasteiger partial charge in [-0.1, -0.05) is 12.1 Å². The molecule has 5 heterocycles. The number of nitrogens with zero attached hydrogens (tertiary/aromatic N) is 9. The Bertz CT molecular complexity index is 1470. The fourth-order valence-corrected chi connectivity index (χ4v) is 4.77. The molecule has 10 nitrogen and oxygen atoms in total. The van der Waals surface area contributed by atoms with Gasteiger partial charge in [-0.3, -0.25) is 0 Å². The molecular formula is C23H23N9OS. The van der Waals surface area contributed by atoms with Crippen molar-refractivity contribution in [3.63, 3.8) is 0 Å². The lowest BCUT2D eigenvalue weighted by atomic mass is 9.99. The van der Waals surface area contributed by atoms with Gasteiger partial charge < -0.3 is 14.2 Å². The molecule has 1 saturated heterocycles. The van der Waals surface area contributed by atoms with Gasteiger partial charge in [-0.15, -0.1) is 5.10 Å². The third-order valence-electron chi connectivity index (χ3n) is 6.00. The summed E-state index contributed by atoms with van der Waals surface area (Å²) >= 11 is 1.40. The lowest BCUT2D eigenvalue weighted by Crippen LogP contribution is -2.46. The quantitative estimate of drug-likeness (QED) is 0.371. The Hall–Kier alpha value is -3.86. The van der Waals surface area contributed by atoms with Crippen LogP contribution in [-0.4, -0.2) is 51.7 Å². The Morgan fingerprint density at radius 2 is 1.85 bits per heavy atom. The van der Waals surface area contributed by atoms with Gasteiger partial charge in [0.1, 0.15) is 29.9 Å². The highest BCUT2D eigenvalue weighted by Gasteiger charge is 2.33. The summed E-state index contributed by atoms with van der Waals surface area (Å²) in [6, 6.07) is 12.4. The van der Waals surface area contributed by atoms with E-state index in [0.29, 0.717) is 30.2 Å². The lowest BCUT2D eigenvalue weighted by molar-refractivity contribution is 0.283. The second-order valence-electron chi connectivity index (χ2n) is 8.37. The number of aromatic nitrogens is 8. The van der Waals surface area contributed by atoms with Crippen LogP contribution in [0.3, 0.4) is 0 Å². The summed E-state index contributed by atoms with van der Waals surface area (Å²) in [6.07, 6.45) is 1.76. The van der Waals surface area contributed by atoms with Crippen LogP contribution < -0.4 is 9.64 Å². The Kier molecular flexibility index (Phi) is 4.98. The summed E-state index contributed by atoms with van der Waals surface area (Å²) in [6.45, 7) is 5.77. The van der Waals surface area contributed by atoms with E-state index in [1.165, 1.54) is 11.5 Å². The Morgan fingerprint density at radius 3 is 2.59 bits per heavy atom. The number of rotatable bonds is 6. The number of hydrogen-bond acceptors (Lipinski definition) is 9. The third-order valence-corrected chi connectivity index (χ3v) is 6.71. The van der Waals surface area contributed by atoms with E-state index in [1.807, 2.05) is 38.1 Å². The first-order valence-corrected chi connectivity index (χ1v) is 11.8. The van der Waals surface area contributed by atoms with Crippen molar-refractivity contribution in [2.45, 2.75) is 26.4 Å². The van der Waals surface area contributed by atoms with Crippen LogP contribution in [0, 0.1) is 13.8 Å². The normalized spacial score (nSPS) is 14.0. The Labute approximate surface area is 200 Å². The predicted octanol–water partition coefficient (Wildman–Crippen LogP) is 3.20. The smallest absolute Gasteiger partial charge is 0.320 e. The zero-order valence-corrected chi connectivity index (χ0v) is 19.9. The van der Waals surface area contributed by atoms with E-state index in [0.717, 1.165) is 46.5 Å². The number of fused-ring (bicyclic) bond motifs is 1. The highest BCUT2D eigenvalue weighted by molar-refractivity contribution is 7.05. The van der Waals surface area contributed by atoms with E-state index in [9.17, 15) is 0 Å². The van der Waals surface area contributed by atoms with Gasteiger partial charge >= 0.3 is 6.01 Å². The summed E-state index contributed by atoms with van der Waals surface area (Å²) in [4.78, 5) is 21.8. The van der Waals surface area contributed by atoms with Crippen LogP contribution in [0.2, 0.25) is 0 Å². The maximum Gasteiger partial charge on any atom is 0.320 e. The van der Waals surface area contributed by atoms with Crippen molar-refractivity contribution in [1.82, 2.24) is 38.7 Å². The number of para-hydroxylation sites is 2. The number of imidazole rings is 1. The van der Waals surface area contributed by atoms with E-state index in [1.54, 1.807) is 10.9 Å². The van der Waals surface area contributed by atoms with E-state index in [-0.39, 0.29) is 0 Å². The van der Waals surface area contributed by atoms with Crippen molar-refractivity contribution in [1.29, 1.82) is 0 Å². The second kappa shape index (κ2) is 8.17. The first-order chi connectivity index (χ1) is 16.5. The number of benzene rings is 1. The molecule has 0 N–H and O–H groups in total. The summed E-state index contributed by atoms with van der Waals surface area (Å²) in [5, 5.41) is 4.49. The van der Waals surface area contributed by atoms with Crippen molar-refractivity contribution < 1.29 is 4.74 Å². The maximum atomic E-state index is 5.93. The van der Waals surface area contributed by atoms with Crippen LogP contribution in [-0.2, 0) is 13.7 Å². The molecule has 1 aliphatic rings. The molecule has 1 aromatic carbocycles. The molecular weight excluding hydrogens is 450 g/mol. The molecule has 0 radical (unpaired) electrons. The van der Waals surface area contributed by atoms with E-state index < -0.39 is 0 Å². The molecule has 172 valence electrons. The molecule has 34 heavy (non-hydrogen) atoms. The molecule has 0 unspecified atom stereocenters. The van der Waals surface area contributed by atoms with Crippen molar-refractivity contribution in [3.8, 4) is 11.8 Å². The van der Waals surface area contributed by atoms with Gasteiger partial charge in [-0.05, 0) is 43.6 Å². The zero-order chi connectivity index (χ0) is 23.2. The van der Waals surface area contributed by atoms with Crippen LogP contribution in [0.15, 0.2) is 42.6 Å². The van der Waals surface area contributed by atoms with Gasteiger partial charge in [-0.2, -0.15) is 14.6 Å². The van der Waals surface area contributed by atoms with Crippen LogP contribution >= 0.6 is 11.5 Å². The molecule has 0 atom stereocenters. The number of ether oxygens (including phenoxy) is 1. The van der Waals surface area contributed by atoms with E-state index in [2.05, 4.69) is 48.1 Å². The fourth-order valence-electron chi connectivity index (χ4n) is 4.28. The predicted molar refractivity (Wildman–Crippen MR) is 129 cm³/mol. The van der Waals surface area contributed by atoms with Crippen LogP contribution in [0.5, 0.6) is 6.01 Å². The molecule has 5 aromatic rings. The van der Waals surface area contributed by atoms with Crippen LogP contribution in [0.25, 0.3) is 16.9 Å². The van der Waals surface area contributed by atoms with Gasteiger partial charge in [0.15, 0.2) is 5.82 Å². The highest BCUT2D eigenvalue weighted by Crippen LogP contribution is 2.33. The van der Waals surface area contributed by atoms with Gasteiger partial charge in [0.2, 0.25) is 0 Å². The van der Waals surface area contributed by atoms with Crippen molar-refractivity contribution >= 4 is 28.4 Å². The largest absolute Gasteiger partial charge is 0.458 e. The molecule has 11 heteroatoms. The Morgan fingerprint density at radius 1 is 1.03 bits per heavy atom. The van der Waals surface area contributed by atoms with Crippen molar-refractivity contribution in [2.24, 2.45) is 7.05 Å². The highest BCUT2D eigenvalue weighted by atomic mass is 32.1. The summed E-state index contributed by atoms with van der Waals surface area (Å²) < 4.78 is 14.0. The summed E-state index contributed by atoms with van der Waals surface area (Å²) in [7, 11) is 2.08. The molecule has 1 aliphatic heterocycles. The lowest BCUT2D eigenvalue weighted by Gasteiger charge is -2.39. The summed E-state index contributed by atoms with van der Waals surface area (Å²) in [5.74, 6) is 4.30. The molecule has 0 spiro atoms. The first kappa shape index (κ1) is 20.7. The monoisotopic (exact) mass is 473 g/mol. The van der Waals surface area contributed by atoms with Crippen LogP contribution in [0.1, 0.15) is 28.3 Å². The SMILES string of the molecule is Cc1nc(C)n(-c2cc(N3CC(c4nc5ccccc5n4C)C3)nc(OCc3ccns3)n2)n1. The zero-order valence-electron chi connectivity index (χ0n) is 19.1. The molecule has 6 rings (SSSR count). The second-order valence-corrected chi connectivity index (χ2v) is 9.29. The third kappa shape index (κ3) is 3.67. The van der Waals surface area contributed by atoms with E-state index >= 15 is 0 Å². The number of aryl methyl sites for hydroxylation is 3. The van der Waals surface area contributed by atoms with Crippen molar-refractivity contribution in [3.05, 3.63) is 64.9 Å². The van der Waals surface area contributed by atoms with Gasteiger partial charge in [0, 0.05) is 32.4 Å². The maximum absolute atomic E-state index is 5.93. The fraction of sp³-hybridized carbons (Fsp3) is 0.304. The minimum Gasteiger partial charge on any atom is -0.458 e. The minimum atomic E-state index is 0.305. The Balaban J connectivity index is 1.28. The first-order valence-electron chi connectivity index (χ1n) is 11.0. The molecule has 0 bridgehead atoms. The number of anilines is 1. The van der Waals surface area contributed by atoms with Gasteiger partial charge in [0.05, 0.1) is 21.8 Å².